The topological polar surface area (TPSA) is 66.8 Å². The number of ether oxygens (including phenoxy) is 1. The molecule has 0 amide bonds. The summed E-state index contributed by atoms with van der Waals surface area (Å²) < 4.78 is 5.82. The molecule has 25 heavy (non-hydrogen) atoms. The smallest absolute Gasteiger partial charge is 0.302 e. The number of aliphatic hydroxyl groups is 2. The van der Waals surface area contributed by atoms with Crippen molar-refractivity contribution >= 4 is 5.97 Å². The van der Waals surface area contributed by atoms with Crippen molar-refractivity contribution in [2.24, 2.45) is 34.5 Å². The molecular weight excluding hydrogens is 316 g/mol. The van der Waals surface area contributed by atoms with Gasteiger partial charge in [-0.2, -0.15) is 0 Å². The number of esters is 1. The van der Waals surface area contributed by atoms with E-state index < -0.39 is 0 Å². The number of aliphatic hydroxyl groups excluding tert-OH is 2. The van der Waals surface area contributed by atoms with Crippen molar-refractivity contribution in [2.75, 3.05) is 0 Å². The average molecular weight is 346 g/mol. The number of carbonyl (C=O) groups is 1. The van der Waals surface area contributed by atoms with Crippen molar-refractivity contribution < 1.29 is 19.7 Å². The second kappa shape index (κ2) is 5.60. The third-order valence-corrected chi connectivity index (χ3v) is 8.10. The molecule has 138 valence electrons. The first-order valence-electron chi connectivity index (χ1n) is 9.71. The molecule has 3 saturated carbocycles. The van der Waals surface area contributed by atoms with Gasteiger partial charge in [0, 0.05) is 12.8 Å². The summed E-state index contributed by atoms with van der Waals surface area (Å²) >= 11 is 0. The van der Waals surface area contributed by atoms with E-state index >= 15 is 0 Å². The van der Waals surface area contributed by atoms with Crippen molar-refractivity contribution in [3.8, 4) is 0 Å². The van der Waals surface area contributed by atoms with Gasteiger partial charge in [-0.25, -0.2) is 0 Å². The highest BCUT2D eigenvalue weighted by atomic mass is 16.5. The van der Waals surface area contributed by atoms with Crippen LogP contribution in [0.3, 0.4) is 0 Å². The Kier molecular flexibility index (Phi) is 3.84. The van der Waals surface area contributed by atoms with Gasteiger partial charge in [0.15, 0.2) is 0 Å². The Hall–Kier alpha value is -1.29. The van der Waals surface area contributed by atoms with Crippen LogP contribution in [-0.4, -0.2) is 28.4 Å². The van der Waals surface area contributed by atoms with Crippen molar-refractivity contribution in [3.05, 3.63) is 24.0 Å². The lowest BCUT2D eigenvalue weighted by molar-refractivity contribution is -0.175. The van der Waals surface area contributed by atoms with Crippen molar-refractivity contribution in [1.29, 1.82) is 0 Å². The van der Waals surface area contributed by atoms with Gasteiger partial charge < -0.3 is 14.9 Å². The quantitative estimate of drug-likeness (QED) is 0.710. The van der Waals surface area contributed by atoms with Crippen LogP contribution in [0.25, 0.3) is 0 Å². The van der Waals surface area contributed by atoms with E-state index in [4.69, 9.17) is 4.74 Å². The molecule has 3 fully saturated rings. The Balaban J connectivity index is 1.75. The lowest BCUT2D eigenvalue weighted by Gasteiger charge is -2.59. The first-order chi connectivity index (χ1) is 11.8. The van der Waals surface area contributed by atoms with E-state index in [0.29, 0.717) is 23.5 Å². The molecule has 0 radical (unpaired) electrons. The van der Waals surface area contributed by atoms with Crippen LogP contribution in [0.1, 0.15) is 52.9 Å². The highest BCUT2D eigenvalue weighted by Gasteiger charge is 2.62. The van der Waals surface area contributed by atoms with Gasteiger partial charge in [0.1, 0.15) is 11.9 Å². The first-order valence-corrected chi connectivity index (χ1v) is 9.71. The zero-order valence-electron chi connectivity index (χ0n) is 15.4. The van der Waals surface area contributed by atoms with Crippen LogP contribution in [0, 0.1) is 34.5 Å². The maximum atomic E-state index is 11.8. The van der Waals surface area contributed by atoms with Gasteiger partial charge in [-0.05, 0) is 72.8 Å². The molecule has 0 aliphatic heterocycles. The average Bonchev–Trinajstić information content (AvgIpc) is 2.84. The van der Waals surface area contributed by atoms with E-state index in [2.05, 4.69) is 19.9 Å². The maximum absolute atomic E-state index is 11.8. The van der Waals surface area contributed by atoms with E-state index in [1.165, 1.54) is 6.92 Å². The van der Waals surface area contributed by atoms with E-state index in [1.807, 2.05) is 12.2 Å². The van der Waals surface area contributed by atoms with E-state index in [-0.39, 0.29) is 34.9 Å². The van der Waals surface area contributed by atoms with Gasteiger partial charge in [-0.3, -0.25) is 4.79 Å². The Morgan fingerprint density at radius 1 is 1.24 bits per heavy atom. The molecule has 0 heterocycles. The third-order valence-electron chi connectivity index (χ3n) is 8.10. The molecule has 8 atom stereocenters. The molecule has 4 nitrogen and oxygen atoms in total. The van der Waals surface area contributed by atoms with Crippen LogP contribution >= 0.6 is 0 Å². The van der Waals surface area contributed by atoms with Gasteiger partial charge in [-0.1, -0.05) is 19.9 Å². The number of fused-ring (bicyclic) bond motifs is 5. The molecule has 4 aliphatic rings. The number of hydrogen-bond donors (Lipinski definition) is 2. The van der Waals surface area contributed by atoms with Crippen molar-refractivity contribution in [2.45, 2.75) is 65.1 Å². The standard InChI is InChI=1S/C21H30O4/c1-12(22)25-17-11-13-10-14(23)6-8-20(13,2)16-7-9-21(3)15(19(16)17)4-5-18(21)24/h6,8,10,13,15-19,23-24H,4-5,7,9,11H2,1-3H3/t13-,15-,16-,17-,18-,19-,20-,21-/m0/s1. The van der Waals surface area contributed by atoms with Gasteiger partial charge in [0.2, 0.25) is 0 Å². The molecule has 4 aliphatic carbocycles. The third kappa shape index (κ3) is 2.40. The summed E-state index contributed by atoms with van der Waals surface area (Å²) in [4.78, 5) is 11.8. The highest BCUT2D eigenvalue weighted by molar-refractivity contribution is 5.66. The molecule has 0 unspecified atom stereocenters. The summed E-state index contributed by atoms with van der Waals surface area (Å²) in [5, 5.41) is 20.6. The van der Waals surface area contributed by atoms with Crippen molar-refractivity contribution in [1.82, 2.24) is 0 Å². The zero-order valence-corrected chi connectivity index (χ0v) is 15.4. The summed E-state index contributed by atoms with van der Waals surface area (Å²) in [6.45, 7) is 6.02. The van der Waals surface area contributed by atoms with Crippen LogP contribution < -0.4 is 0 Å². The summed E-state index contributed by atoms with van der Waals surface area (Å²) in [6, 6.07) is 0. The molecule has 2 N–H and O–H groups in total. The minimum absolute atomic E-state index is 0.0115. The fourth-order valence-electron chi connectivity index (χ4n) is 6.71. The van der Waals surface area contributed by atoms with E-state index in [0.717, 1.165) is 32.1 Å². The molecule has 0 aromatic carbocycles. The first kappa shape index (κ1) is 17.1. The molecule has 4 rings (SSSR count). The fraction of sp³-hybridized carbons (Fsp3) is 0.762. The van der Waals surface area contributed by atoms with E-state index in [1.54, 1.807) is 0 Å². The van der Waals surface area contributed by atoms with Crippen LogP contribution in [0.5, 0.6) is 0 Å². The Bertz CT molecular complexity index is 638. The predicted octanol–water partition coefficient (Wildman–Crippen LogP) is 3.76. The Morgan fingerprint density at radius 3 is 2.72 bits per heavy atom. The molecular formula is C21H30O4. The van der Waals surface area contributed by atoms with Gasteiger partial charge >= 0.3 is 5.97 Å². The summed E-state index contributed by atoms with van der Waals surface area (Å²) in [5.41, 5.74) is -0.0679. The molecule has 0 aromatic heterocycles. The van der Waals surface area contributed by atoms with Gasteiger partial charge in [0.25, 0.3) is 0 Å². The van der Waals surface area contributed by atoms with E-state index in [9.17, 15) is 15.0 Å². The second-order valence-corrected chi connectivity index (χ2v) is 9.21. The van der Waals surface area contributed by atoms with Crippen LogP contribution in [0.2, 0.25) is 0 Å². The van der Waals surface area contributed by atoms with Crippen molar-refractivity contribution in [3.63, 3.8) is 0 Å². The number of hydrogen-bond acceptors (Lipinski definition) is 4. The van der Waals surface area contributed by atoms with Crippen LogP contribution in [0.4, 0.5) is 0 Å². The normalized spacial score (nSPS) is 51.1. The number of rotatable bonds is 1. The Morgan fingerprint density at radius 2 is 2.00 bits per heavy atom. The lowest BCUT2D eigenvalue weighted by Crippen LogP contribution is -2.57. The summed E-state index contributed by atoms with van der Waals surface area (Å²) in [5.74, 6) is 1.39. The minimum Gasteiger partial charge on any atom is -0.508 e. The molecule has 0 aromatic rings. The van der Waals surface area contributed by atoms with Gasteiger partial charge in [0.05, 0.1) is 6.10 Å². The maximum Gasteiger partial charge on any atom is 0.302 e. The Labute approximate surface area is 149 Å². The molecule has 4 heteroatoms. The van der Waals surface area contributed by atoms with Crippen LogP contribution in [0.15, 0.2) is 24.0 Å². The largest absolute Gasteiger partial charge is 0.508 e. The molecule has 0 spiro atoms. The summed E-state index contributed by atoms with van der Waals surface area (Å²) in [7, 11) is 0. The minimum atomic E-state index is -0.243. The number of allylic oxidation sites excluding steroid dienone is 3. The number of carbonyl (C=O) groups excluding carboxylic acids is 1. The zero-order chi connectivity index (χ0) is 18.0. The SMILES string of the molecule is CC(=O)O[C@H]1C[C@@H]2C=C(O)C=C[C@]2(C)[C@H]2CC[C@]3(C)[C@@H](O)CC[C@H]3[C@H]12. The highest BCUT2D eigenvalue weighted by Crippen LogP contribution is 2.65. The predicted molar refractivity (Wildman–Crippen MR) is 94.7 cm³/mol. The van der Waals surface area contributed by atoms with Gasteiger partial charge in [-0.15, -0.1) is 0 Å². The lowest BCUT2D eigenvalue weighted by atomic mass is 9.46. The van der Waals surface area contributed by atoms with Crippen LogP contribution in [-0.2, 0) is 9.53 Å². The second-order valence-electron chi connectivity index (χ2n) is 9.21. The molecule has 0 bridgehead atoms. The molecule has 0 saturated heterocycles. The monoisotopic (exact) mass is 346 g/mol. The summed E-state index contributed by atoms with van der Waals surface area (Å²) in [6.07, 6.45) is 10.3. The fourth-order valence-corrected chi connectivity index (χ4v) is 6.71.